The average molecular weight is 224 g/mol. The van der Waals surface area contributed by atoms with Gasteiger partial charge in [0, 0.05) is 29.4 Å². The molecule has 4 nitrogen and oxygen atoms in total. The first kappa shape index (κ1) is 12.9. The van der Waals surface area contributed by atoms with Crippen molar-refractivity contribution in [3.05, 3.63) is 23.0 Å². The fourth-order valence-electron chi connectivity index (χ4n) is 1.79. The molecule has 0 fully saturated rings. The molecule has 0 saturated heterocycles. The number of hydrogen-bond acceptors (Lipinski definition) is 4. The summed E-state index contributed by atoms with van der Waals surface area (Å²) < 4.78 is 5.31. The van der Waals surface area contributed by atoms with E-state index in [1.807, 2.05) is 13.8 Å². The van der Waals surface area contributed by atoms with Gasteiger partial charge in [-0.1, -0.05) is 0 Å². The fourth-order valence-corrected chi connectivity index (χ4v) is 1.79. The number of nitrogens with two attached hydrogens (primary N) is 1. The van der Waals surface area contributed by atoms with Crippen LogP contribution in [0.25, 0.3) is 0 Å². The first-order valence-electron chi connectivity index (χ1n) is 5.47. The Hall–Kier alpha value is -1.13. The predicted octanol–water partition coefficient (Wildman–Crippen LogP) is 0.959. The lowest BCUT2D eigenvalue weighted by atomic mass is 10.0. The van der Waals surface area contributed by atoms with Gasteiger partial charge in [-0.15, -0.1) is 0 Å². The van der Waals surface area contributed by atoms with E-state index in [4.69, 9.17) is 10.5 Å². The smallest absolute Gasteiger partial charge is 0.128 e. The van der Waals surface area contributed by atoms with E-state index in [9.17, 15) is 5.11 Å². The van der Waals surface area contributed by atoms with E-state index in [1.165, 1.54) is 0 Å². The monoisotopic (exact) mass is 224 g/mol. The first-order valence-corrected chi connectivity index (χ1v) is 5.47. The van der Waals surface area contributed by atoms with E-state index in [-0.39, 0.29) is 0 Å². The number of hydrogen-bond donors (Lipinski definition) is 2. The van der Waals surface area contributed by atoms with Gasteiger partial charge in [0.25, 0.3) is 0 Å². The molecule has 0 bridgehead atoms. The minimum absolute atomic E-state index is 0.427. The fraction of sp³-hybridized carbons (Fsp3) is 0.583. The van der Waals surface area contributed by atoms with Gasteiger partial charge in [0.1, 0.15) is 5.75 Å². The zero-order valence-electron chi connectivity index (χ0n) is 10.2. The summed E-state index contributed by atoms with van der Waals surface area (Å²) in [5, 5.41) is 9.70. The van der Waals surface area contributed by atoms with Gasteiger partial charge in [-0.25, -0.2) is 0 Å². The van der Waals surface area contributed by atoms with E-state index in [0.29, 0.717) is 19.4 Å². The van der Waals surface area contributed by atoms with Crippen LogP contribution in [0.15, 0.2) is 6.20 Å². The van der Waals surface area contributed by atoms with Crippen LogP contribution in [0.4, 0.5) is 0 Å². The van der Waals surface area contributed by atoms with Gasteiger partial charge >= 0.3 is 0 Å². The second kappa shape index (κ2) is 5.82. The van der Waals surface area contributed by atoms with Crippen molar-refractivity contribution in [2.24, 2.45) is 5.73 Å². The van der Waals surface area contributed by atoms with Crippen LogP contribution in [0, 0.1) is 13.8 Å². The number of aliphatic hydroxyl groups excluding tert-OH is 1. The molecule has 3 N–H and O–H groups in total. The second-order valence-corrected chi connectivity index (χ2v) is 3.98. The van der Waals surface area contributed by atoms with E-state index in [1.54, 1.807) is 13.3 Å². The molecule has 1 atom stereocenters. The highest BCUT2D eigenvalue weighted by molar-refractivity contribution is 5.41. The SMILES string of the molecule is COc1c(C)cnc(CC(O)CCN)c1C. The Morgan fingerprint density at radius 2 is 2.19 bits per heavy atom. The molecule has 4 heteroatoms. The first-order chi connectivity index (χ1) is 7.60. The maximum absolute atomic E-state index is 9.70. The van der Waals surface area contributed by atoms with Gasteiger partial charge in [0.05, 0.1) is 13.2 Å². The summed E-state index contributed by atoms with van der Waals surface area (Å²) in [6, 6.07) is 0. The number of rotatable bonds is 5. The Morgan fingerprint density at radius 3 is 2.75 bits per heavy atom. The number of ether oxygens (including phenoxy) is 1. The summed E-state index contributed by atoms with van der Waals surface area (Å²) >= 11 is 0. The van der Waals surface area contributed by atoms with E-state index < -0.39 is 6.10 Å². The Balaban J connectivity index is 2.89. The normalized spacial score (nSPS) is 12.6. The van der Waals surface area contributed by atoms with Crippen molar-refractivity contribution in [3.8, 4) is 5.75 Å². The van der Waals surface area contributed by atoms with Crippen molar-refractivity contribution in [1.29, 1.82) is 0 Å². The number of methoxy groups -OCH3 is 1. The molecule has 1 aromatic rings. The van der Waals surface area contributed by atoms with Crippen LogP contribution in [0.2, 0.25) is 0 Å². The molecular formula is C12H20N2O2. The van der Waals surface area contributed by atoms with Gasteiger partial charge in [0.2, 0.25) is 0 Å². The van der Waals surface area contributed by atoms with Crippen LogP contribution >= 0.6 is 0 Å². The Kier molecular flexibility index (Phi) is 4.71. The number of aryl methyl sites for hydroxylation is 1. The molecule has 0 aliphatic carbocycles. The molecule has 0 saturated carbocycles. The molecule has 1 heterocycles. The lowest BCUT2D eigenvalue weighted by Crippen LogP contribution is -2.17. The molecule has 0 aliphatic heterocycles. The van der Waals surface area contributed by atoms with Crippen molar-refractivity contribution in [2.45, 2.75) is 32.8 Å². The molecule has 90 valence electrons. The molecule has 0 aromatic carbocycles. The topological polar surface area (TPSA) is 68.4 Å². The highest BCUT2D eigenvalue weighted by Crippen LogP contribution is 2.24. The summed E-state index contributed by atoms with van der Waals surface area (Å²) in [5.74, 6) is 0.852. The maximum atomic E-state index is 9.70. The van der Waals surface area contributed by atoms with Crippen LogP contribution in [0.5, 0.6) is 5.75 Å². The average Bonchev–Trinajstić information content (AvgIpc) is 2.23. The Labute approximate surface area is 96.5 Å². The van der Waals surface area contributed by atoms with Crippen molar-refractivity contribution in [2.75, 3.05) is 13.7 Å². The summed E-state index contributed by atoms with van der Waals surface area (Å²) in [7, 11) is 1.65. The molecule has 16 heavy (non-hydrogen) atoms. The minimum atomic E-state index is -0.427. The molecule has 1 rings (SSSR count). The molecule has 0 spiro atoms. The van der Waals surface area contributed by atoms with Crippen molar-refractivity contribution in [1.82, 2.24) is 4.98 Å². The predicted molar refractivity (Wildman–Crippen MR) is 63.6 cm³/mol. The number of pyridine rings is 1. The molecule has 0 amide bonds. The van der Waals surface area contributed by atoms with E-state index in [0.717, 1.165) is 22.6 Å². The maximum Gasteiger partial charge on any atom is 0.128 e. The highest BCUT2D eigenvalue weighted by atomic mass is 16.5. The van der Waals surface area contributed by atoms with Crippen LogP contribution in [-0.4, -0.2) is 29.8 Å². The number of aliphatic hydroxyl groups is 1. The lowest BCUT2D eigenvalue weighted by molar-refractivity contribution is 0.166. The molecule has 0 radical (unpaired) electrons. The molecule has 0 aliphatic rings. The van der Waals surface area contributed by atoms with Crippen LogP contribution in [-0.2, 0) is 6.42 Å². The summed E-state index contributed by atoms with van der Waals surface area (Å²) in [4.78, 5) is 4.33. The second-order valence-electron chi connectivity index (χ2n) is 3.98. The molecule has 1 unspecified atom stereocenters. The lowest BCUT2D eigenvalue weighted by Gasteiger charge is -2.14. The van der Waals surface area contributed by atoms with Crippen molar-refractivity contribution in [3.63, 3.8) is 0 Å². The minimum Gasteiger partial charge on any atom is -0.496 e. The quantitative estimate of drug-likeness (QED) is 0.781. The third kappa shape index (κ3) is 2.93. The molecular weight excluding hydrogens is 204 g/mol. The van der Waals surface area contributed by atoms with Gasteiger partial charge in [-0.3, -0.25) is 4.98 Å². The Morgan fingerprint density at radius 1 is 1.50 bits per heavy atom. The summed E-state index contributed by atoms with van der Waals surface area (Å²) in [6.45, 7) is 4.41. The van der Waals surface area contributed by atoms with Gasteiger partial charge in [0.15, 0.2) is 0 Å². The van der Waals surface area contributed by atoms with Gasteiger partial charge in [-0.05, 0) is 26.8 Å². The van der Waals surface area contributed by atoms with Gasteiger partial charge in [-0.2, -0.15) is 0 Å². The zero-order valence-corrected chi connectivity index (χ0v) is 10.2. The van der Waals surface area contributed by atoms with Crippen molar-refractivity contribution >= 4 is 0 Å². The van der Waals surface area contributed by atoms with Crippen LogP contribution < -0.4 is 10.5 Å². The largest absolute Gasteiger partial charge is 0.496 e. The molecule has 1 aromatic heterocycles. The van der Waals surface area contributed by atoms with Crippen molar-refractivity contribution < 1.29 is 9.84 Å². The third-order valence-corrected chi connectivity index (χ3v) is 2.68. The van der Waals surface area contributed by atoms with Gasteiger partial charge < -0.3 is 15.6 Å². The number of nitrogens with zero attached hydrogens (tertiary/aromatic N) is 1. The highest BCUT2D eigenvalue weighted by Gasteiger charge is 2.12. The summed E-state index contributed by atoms with van der Waals surface area (Å²) in [6.07, 6.45) is 2.47. The Bertz CT molecular complexity index is 353. The van der Waals surface area contributed by atoms with Crippen LogP contribution in [0.1, 0.15) is 23.2 Å². The third-order valence-electron chi connectivity index (χ3n) is 2.68. The zero-order chi connectivity index (χ0) is 12.1. The standard InChI is InChI=1S/C12H20N2O2/c1-8-7-14-11(6-10(15)4-5-13)9(2)12(8)16-3/h7,10,15H,4-6,13H2,1-3H3. The van der Waals surface area contributed by atoms with E-state index in [2.05, 4.69) is 4.98 Å². The summed E-state index contributed by atoms with van der Waals surface area (Å²) in [5.41, 5.74) is 8.28. The van der Waals surface area contributed by atoms with E-state index >= 15 is 0 Å². The number of aromatic nitrogens is 1. The van der Waals surface area contributed by atoms with Crippen LogP contribution in [0.3, 0.4) is 0 Å².